The minimum atomic E-state index is -0.871. The Balaban J connectivity index is 2.31. The second-order valence-corrected chi connectivity index (χ2v) is 5.45. The number of hydrogen-bond donors (Lipinski definition) is 1. The van der Waals surface area contributed by atoms with Crippen molar-refractivity contribution in [2.45, 2.75) is 19.8 Å². The molecule has 0 amide bonds. The summed E-state index contributed by atoms with van der Waals surface area (Å²) in [5, 5.41) is 8.84. The third kappa shape index (κ3) is 4.48. The molecule has 1 aromatic heterocycles. The molecule has 15 heavy (non-hydrogen) atoms. The van der Waals surface area contributed by atoms with E-state index in [2.05, 4.69) is 0 Å². The number of carboxylic acids is 1. The monoisotopic (exact) mass is 244 g/mol. The van der Waals surface area contributed by atoms with E-state index in [4.69, 9.17) is 5.11 Å². The first-order valence-corrected chi connectivity index (χ1v) is 6.35. The lowest BCUT2D eigenvalue weighted by atomic mass is 10.3. The summed E-state index contributed by atoms with van der Waals surface area (Å²) in [5.41, 5.74) is 0. The average molecular weight is 244 g/mol. The Hall–Kier alpha value is -0.810. The molecule has 0 atom stereocenters. The molecule has 0 unspecified atom stereocenters. The average Bonchev–Trinajstić information content (AvgIpc) is 2.60. The van der Waals surface area contributed by atoms with Gasteiger partial charge in [0.15, 0.2) is 5.12 Å². The van der Waals surface area contributed by atoms with Crippen LogP contribution in [0.15, 0.2) is 12.1 Å². The maximum atomic E-state index is 10.6. The van der Waals surface area contributed by atoms with E-state index < -0.39 is 5.97 Å². The molecule has 0 radical (unpaired) electrons. The first-order chi connectivity index (χ1) is 7.09. The van der Waals surface area contributed by atoms with Crippen molar-refractivity contribution in [1.29, 1.82) is 0 Å². The normalized spacial score (nSPS) is 10.2. The summed E-state index contributed by atoms with van der Waals surface area (Å²) >= 11 is 2.62. The molecular weight excluding hydrogens is 232 g/mol. The number of thioether (sulfide) groups is 1. The Bertz CT molecular complexity index is 357. The van der Waals surface area contributed by atoms with Gasteiger partial charge in [0.25, 0.3) is 0 Å². The van der Waals surface area contributed by atoms with Gasteiger partial charge in [0, 0.05) is 17.6 Å². The number of carbonyl (C=O) groups is 2. The van der Waals surface area contributed by atoms with Crippen LogP contribution in [0.25, 0.3) is 0 Å². The van der Waals surface area contributed by atoms with E-state index in [0.29, 0.717) is 4.88 Å². The van der Waals surface area contributed by atoms with Crippen LogP contribution < -0.4 is 0 Å². The number of hydrogen-bond acceptors (Lipinski definition) is 4. The number of rotatable bonds is 5. The van der Waals surface area contributed by atoms with Gasteiger partial charge in [-0.15, -0.1) is 11.3 Å². The van der Waals surface area contributed by atoms with Crippen molar-refractivity contribution >= 4 is 34.2 Å². The molecule has 82 valence electrons. The van der Waals surface area contributed by atoms with Gasteiger partial charge in [-0.2, -0.15) is 0 Å². The summed E-state index contributed by atoms with van der Waals surface area (Å²) in [4.78, 5) is 22.7. The van der Waals surface area contributed by atoms with Crippen molar-refractivity contribution in [3.05, 3.63) is 21.9 Å². The van der Waals surface area contributed by atoms with E-state index in [1.807, 2.05) is 6.07 Å². The SMILES string of the molecule is CC(=O)SCCCc1ccc(C(=O)O)s1. The van der Waals surface area contributed by atoms with Crippen molar-refractivity contribution in [3.8, 4) is 0 Å². The van der Waals surface area contributed by atoms with Crippen LogP contribution in [0.2, 0.25) is 0 Å². The second kappa shape index (κ2) is 5.92. The minimum absolute atomic E-state index is 0.132. The molecule has 0 aromatic carbocycles. The lowest BCUT2D eigenvalue weighted by Crippen LogP contribution is -1.90. The number of aromatic carboxylic acids is 1. The highest BCUT2D eigenvalue weighted by atomic mass is 32.2. The quantitative estimate of drug-likeness (QED) is 0.809. The van der Waals surface area contributed by atoms with E-state index in [1.54, 1.807) is 13.0 Å². The Kier molecular flexibility index (Phi) is 4.84. The van der Waals surface area contributed by atoms with Gasteiger partial charge in [-0.05, 0) is 25.0 Å². The molecule has 5 heteroatoms. The van der Waals surface area contributed by atoms with E-state index in [1.165, 1.54) is 23.1 Å². The summed E-state index contributed by atoms with van der Waals surface area (Å²) in [6.45, 7) is 1.55. The largest absolute Gasteiger partial charge is 0.477 e. The van der Waals surface area contributed by atoms with Gasteiger partial charge in [0.05, 0.1) is 0 Å². The molecule has 0 bridgehead atoms. The van der Waals surface area contributed by atoms with Gasteiger partial charge in [-0.3, -0.25) is 4.79 Å². The molecule has 0 aliphatic heterocycles. The lowest BCUT2D eigenvalue weighted by Gasteiger charge is -1.95. The number of thiophene rings is 1. The zero-order chi connectivity index (χ0) is 11.3. The zero-order valence-electron chi connectivity index (χ0n) is 8.36. The molecule has 0 aliphatic rings. The van der Waals surface area contributed by atoms with Gasteiger partial charge in [0.1, 0.15) is 4.88 Å². The fourth-order valence-electron chi connectivity index (χ4n) is 1.09. The smallest absolute Gasteiger partial charge is 0.345 e. The molecule has 1 heterocycles. The molecule has 0 spiro atoms. The van der Waals surface area contributed by atoms with E-state index >= 15 is 0 Å². The summed E-state index contributed by atoms with van der Waals surface area (Å²) in [6, 6.07) is 3.47. The predicted molar refractivity (Wildman–Crippen MR) is 62.7 cm³/mol. The molecule has 1 N–H and O–H groups in total. The van der Waals surface area contributed by atoms with Gasteiger partial charge < -0.3 is 5.11 Å². The molecule has 0 saturated carbocycles. The maximum Gasteiger partial charge on any atom is 0.345 e. The van der Waals surface area contributed by atoms with E-state index in [9.17, 15) is 9.59 Å². The standard InChI is InChI=1S/C10H12O3S2/c1-7(11)14-6-2-3-8-4-5-9(15-8)10(12)13/h4-5H,2-3,6H2,1H3,(H,12,13). The second-order valence-electron chi connectivity index (χ2n) is 3.01. The number of carboxylic acid groups (broad SMARTS) is 1. The summed E-state index contributed by atoms with van der Waals surface area (Å²) in [6.07, 6.45) is 1.75. The third-order valence-electron chi connectivity index (χ3n) is 1.75. The zero-order valence-corrected chi connectivity index (χ0v) is 9.99. The highest BCUT2D eigenvalue weighted by molar-refractivity contribution is 8.13. The number of carbonyl (C=O) groups excluding carboxylic acids is 1. The Morgan fingerprint density at radius 2 is 2.20 bits per heavy atom. The lowest BCUT2D eigenvalue weighted by molar-refractivity contribution is -0.109. The Morgan fingerprint density at radius 1 is 1.47 bits per heavy atom. The van der Waals surface area contributed by atoms with E-state index in [-0.39, 0.29) is 5.12 Å². The van der Waals surface area contributed by atoms with Gasteiger partial charge in [-0.1, -0.05) is 11.8 Å². The van der Waals surface area contributed by atoms with Crippen LogP contribution in [0.3, 0.4) is 0 Å². The van der Waals surface area contributed by atoms with Crippen LogP contribution in [0.1, 0.15) is 27.9 Å². The highest BCUT2D eigenvalue weighted by Crippen LogP contribution is 2.18. The molecule has 0 fully saturated rings. The summed E-state index contributed by atoms with van der Waals surface area (Å²) < 4.78 is 0. The van der Waals surface area contributed by atoms with Gasteiger partial charge in [-0.25, -0.2) is 4.79 Å². The summed E-state index contributed by atoms with van der Waals surface area (Å²) in [7, 11) is 0. The third-order valence-corrected chi connectivity index (χ3v) is 3.78. The maximum absolute atomic E-state index is 10.6. The van der Waals surface area contributed by atoms with Crippen LogP contribution >= 0.6 is 23.1 Å². The minimum Gasteiger partial charge on any atom is -0.477 e. The number of aryl methyl sites for hydroxylation is 1. The van der Waals surface area contributed by atoms with Crippen molar-refractivity contribution < 1.29 is 14.7 Å². The molecule has 1 rings (SSSR count). The molecule has 3 nitrogen and oxygen atoms in total. The van der Waals surface area contributed by atoms with Crippen LogP contribution in [-0.2, 0) is 11.2 Å². The van der Waals surface area contributed by atoms with Crippen LogP contribution in [0, 0.1) is 0 Å². The van der Waals surface area contributed by atoms with Crippen LogP contribution in [0.5, 0.6) is 0 Å². The van der Waals surface area contributed by atoms with Crippen LogP contribution in [-0.4, -0.2) is 21.9 Å². The molecule has 0 aliphatic carbocycles. The molecule has 0 saturated heterocycles. The topological polar surface area (TPSA) is 54.4 Å². The van der Waals surface area contributed by atoms with Gasteiger partial charge in [0.2, 0.25) is 0 Å². The molecule has 1 aromatic rings. The first-order valence-electron chi connectivity index (χ1n) is 4.55. The van der Waals surface area contributed by atoms with Crippen molar-refractivity contribution in [2.24, 2.45) is 0 Å². The Labute approximate surface area is 96.5 Å². The highest BCUT2D eigenvalue weighted by Gasteiger charge is 2.06. The fraction of sp³-hybridized carbons (Fsp3) is 0.400. The van der Waals surface area contributed by atoms with Crippen molar-refractivity contribution in [2.75, 3.05) is 5.75 Å². The van der Waals surface area contributed by atoms with Crippen LogP contribution in [0.4, 0.5) is 0 Å². The van der Waals surface area contributed by atoms with E-state index in [0.717, 1.165) is 23.5 Å². The Morgan fingerprint density at radius 3 is 2.73 bits per heavy atom. The fourth-order valence-corrected chi connectivity index (χ4v) is 2.55. The van der Waals surface area contributed by atoms with Crippen molar-refractivity contribution in [1.82, 2.24) is 0 Å². The first kappa shape index (κ1) is 12.3. The predicted octanol–water partition coefficient (Wildman–Crippen LogP) is 2.66. The summed E-state index contributed by atoms with van der Waals surface area (Å²) in [5.74, 6) is -0.0697. The van der Waals surface area contributed by atoms with Gasteiger partial charge >= 0.3 is 5.97 Å². The molecular formula is C10H12O3S2. The van der Waals surface area contributed by atoms with Crippen molar-refractivity contribution in [3.63, 3.8) is 0 Å².